The van der Waals surface area contributed by atoms with E-state index in [0.29, 0.717) is 23.7 Å². The number of amides is 2. The first-order valence-electron chi connectivity index (χ1n) is 11.6. The van der Waals surface area contributed by atoms with Gasteiger partial charge in [0.25, 0.3) is 5.91 Å². The van der Waals surface area contributed by atoms with Crippen LogP contribution >= 0.6 is 27.5 Å². The Kier molecular flexibility index (Phi) is 10.2. The summed E-state index contributed by atoms with van der Waals surface area (Å²) in [6.07, 6.45) is 1.20. The maximum absolute atomic E-state index is 13.5. The van der Waals surface area contributed by atoms with Gasteiger partial charge in [-0.1, -0.05) is 76.9 Å². The maximum atomic E-state index is 13.5. The van der Waals surface area contributed by atoms with Gasteiger partial charge in [-0.3, -0.25) is 9.59 Å². The summed E-state index contributed by atoms with van der Waals surface area (Å²) in [5.41, 5.74) is 2.86. The number of rotatable bonds is 11. The van der Waals surface area contributed by atoms with E-state index in [9.17, 15) is 9.59 Å². The normalized spacial score (nSPS) is 11.5. The van der Waals surface area contributed by atoms with E-state index in [2.05, 4.69) is 21.2 Å². The molecule has 0 fully saturated rings. The van der Waals surface area contributed by atoms with Gasteiger partial charge in [-0.25, -0.2) is 0 Å². The van der Waals surface area contributed by atoms with Gasteiger partial charge in [-0.05, 0) is 60.4 Å². The Bertz CT molecular complexity index is 1120. The number of halogens is 2. The van der Waals surface area contributed by atoms with E-state index in [0.717, 1.165) is 27.6 Å². The Hall–Kier alpha value is -2.83. The van der Waals surface area contributed by atoms with Crippen LogP contribution in [0.5, 0.6) is 5.75 Å². The predicted molar refractivity (Wildman–Crippen MR) is 144 cm³/mol. The number of ether oxygens (including phenoxy) is 1. The zero-order chi connectivity index (χ0) is 25.2. The summed E-state index contributed by atoms with van der Waals surface area (Å²) in [6.45, 7) is 4.58. The summed E-state index contributed by atoms with van der Waals surface area (Å²) >= 11 is 9.54. The molecule has 5 nitrogen and oxygen atoms in total. The van der Waals surface area contributed by atoms with Crippen LogP contribution in [0, 0.1) is 6.92 Å². The average molecular weight is 558 g/mol. The minimum atomic E-state index is -0.692. The van der Waals surface area contributed by atoms with E-state index in [-0.39, 0.29) is 25.0 Å². The Labute approximate surface area is 220 Å². The van der Waals surface area contributed by atoms with Crippen molar-refractivity contribution >= 4 is 39.3 Å². The van der Waals surface area contributed by atoms with Crippen LogP contribution in [-0.2, 0) is 22.6 Å². The Morgan fingerprint density at radius 1 is 1.03 bits per heavy atom. The first kappa shape index (κ1) is 26.8. The molecule has 0 heterocycles. The third-order valence-corrected chi connectivity index (χ3v) is 6.72. The van der Waals surface area contributed by atoms with Crippen molar-refractivity contribution in [3.63, 3.8) is 0 Å². The lowest BCUT2D eigenvalue weighted by Gasteiger charge is -2.31. The van der Waals surface area contributed by atoms with Gasteiger partial charge in [0, 0.05) is 29.0 Å². The Balaban J connectivity index is 1.88. The van der Waals surface area contributed by atoms with Crippen molar-refractivity contribution < 1.29 is 14.3 Å². The number of hydrogen-bond donors (Lipinski definition) is 1. The van der Waals surface area contributed by atoms with Crippen LogP contribution in [-0.4, -0.2) is 35.9 Å². The molecule has 0 radical (unpaired) electrons. The highest BCUT2D eigenvalue weighted by atomic mass is 79.9. The molecule has 0 saturated carbocycles. The second-order valence-corrected chi connectivity index (χ2v) is 9.64. The molecule has 3 aromatic carbocycles. The molecule has 1 atom stereocenters. The summed E-state index contributed by atoms with van der Waals surface area (Å²) in [5, 5.41) is 3.58. The molecular formula is C28H30BrClN2O3. The monoisotopic (exact) mass is 556 g/mol. The van der Waals surface area contributed by atoms with E-state index in [1.165, 1.54) is 0 Å². The SMILES string of the molecule is CCCNC(=O)C(Cc1ccccc1)N(Cc1ccc(Cl)cc1)C(=O)COc1ccc(Br)c(C)c1. The van der Waals surface area contributed by atoms with Gasteiger partial charge in [-0.15, -0.1) is 0 Å². The molecule has 184 valence electrons. The smallest absolute Gasteiger partial charge is 0.261 e. The quantitative estimate of drug-likeness (QED) is 0.317. The van der Waals surface area contributed by atoms with Gasteiger partial charge >= 0.3 is 0 Å². The third kappa shape index (κ3) is 8.11. The molecule has 35 heavy (non-hydrogen) atoms. The van der Waals surface area contributed by atoms with E-state index in [1.807, 2.05) is 74.5 Å². The lowest BCUT2D eigenvalue weighted by molar-refractivity contribution is -0.142. The highest BCUT2D eigenvalue weighted by Crippen LogP contribution is 2.22. The standard InChI is InChI=1S/C28H30BrClN2O3/c1-3-15-31-28(34)26(17-21-7-5-4-6-8-21)32(18-22-9-11-23(30)12-10-22)27(33)19-35-24-13-14-25(29)20(2)16-24/h4-14,16,26H,3,15,17-19H2,1-2H3,(H,31,34). The number of nitrogens with zero attached hydrogens (tertiary/aromatic N) is 1. The molecule has 2 amide bonds. The number of benzene rings is 3. The topological polar surface area (TPSA) is 58.6 Å². The fraction of sp³-hybridized carbons (Fsp3) is 0.286. The fourth-order valence-corrected chi connectivity index (χ4v) is 4.01. The fourth-order valence-electron chi connectivity index (χ4n) is 3.64. The van der Waals surface area contributed by atoms with Gasteiger partial charge in [0.2, 0.25) is 5.91 Å². The van der Waals surface area contributed by atoms with Gasteiger partial charge in [0.15, 0.2) is 6.61 Å². The highest BCUT2D eigenvalue weighted by molar-refractivity contribution is 9.10. The average Bonchev–Trinajstić information content (AvgIpc) is 2.87. The van der Waals surface area contributed by atoms with Crippen molar-refractivity contribution in [2.24, 2.45) is 0 Å². The van der Waals surface area contributed by atoms with Crippen LogP contribution in [0.4, 0.5) is 0 Å². The van der Waals surface area contributed by atoms with Crippen LogP contribution in [0.3, 0.4) is 0 Å². The van der Waals surface area contributed by atoms with Crippen molar-refractivity contribution in [2.75, 3.05) is 13.2 Å². The molecule has 0 aliphatic rings. The zero-order valence-corrected chi connectivity index (χ0v) is 22.3. The van der Waals surface area contributed by atoms with Crippen LogP contribution in [0.2, 0.25) is 5.02 Å². The first-order chi connectivity index (χ1) is 16.9. The Morgan fingerprint density at radius 3 is 2.40 bits per heavy atom. The molecule has 1 N–H and O–H groups in total. The van der Waals surface area contributed by atoms with Crippen LogP contribution in [0.15, 0.2) is 77.3 Å². The number of aryl methyl sites for hydroxylation is 1. The molecule has 0 aromatic heterocycles. The summed E-state index contributed by atoms with van der Waals surface area (Å²) in [5.74, 6) is 0.145. The van der Waals surface area contributed by atoms with E-state index < -0.39 is 6.04 Å². The molecule has 0 aliphatic carbocycles. The lowest BCUT2D eigenvalue weighted by atomic mass is 10.0. The van der Waals surface area contributed by atoms with Gasteiger partial charge in [0.05, 0.1) is 0 Å². The minimum absolute atomic E-state index is 0.180. The zero-order valence-electron chi connectivity index (χ0n) is 20.0. The first-order valence-corrected chi connectivity index (χ1v) is 12.8. The second kappa shape index (κ2) is 13.3. The summed E-state index contributed by atoms with van der Waals surface area (Å²) in [7, 11) is 0. The predicted octanol–water partition coefficient (Wildman–Crippen LogP) is 5.96. The van der Waals surface area contributed by atoms with Gasteiger partial charge in [0.1, 0.15) is 11.8 Å². The van der Waals surface area contributed by atoms with E-state index >= 15 is 0 Å². The summed E-state index contributed by atoms with van der Waals surface area (Å²) < 4.78 is 6.81. The van der Waals surface area contributed by atoms with Crippen molar-refractivity contribution in [1.82, 2.24) is 10.2 Å². The summed E-state index contributed by atoms with van der Waals surface area (Å²) in [6, 6.07) is 21.9. The molecule has 0 bridgehead atoms. The van der Waals surface area contributed by atoms with Crippen LogP contribution < -0.4 is 10.1 Å². The van der Waals surface area contributed by atoms with Crippen LogP contribution in [0.1, 0.15) is 30.0 Å². The van der Waals surface area contributed by atoms with E-state index in [1.54, 1.807) is 17.0 Å². The maximum Gasteiger partial charge on any atom is 0.261 e. The van der Waals surface area contributed by atoms with Crippen molar-refractivity contribution in [2.45, 2.75) is 39.3 Å². The number of carbonyl (C=O) groups is 2. The van der Waals surface area contributed by atoms with Crippen molar-refractivity contribution in [1.29, 1.82) is 0 Å². The number of carbonyl (C=O) groups excluding carboxylic acids is 2. The molecular weight excluding hydrogens is 528 g/mol. The van der Waals surface area contributed by atoms with Crippen LogP contribution in [0.25, 0.3) is 0 Å². The molecule has 3 rings (SSSR count). The van der Waals surface area contributed by atoms with Gasteiger partial charge in [-0.2, -0.15) is 0 Å². The lowest BCUT2D eigenvalue weighted by Crippen LogP contribution is -2.51. The number of hydrogen-bond acceptors (Lipinski definition) is 3. The van der Waals surface area contributed by atoms with Crippen molar-refractivity contribution in [3.05, 3.63) is 99.0 Å². The Morgan fingerprint density at radius 2 is 1.74 bits per heavy atom. The largest absolute Gasteiger partial charge is 0.484 e. The van der Waals surface area contributed by atoms with Gasteiger partial charge < -0.3 is 15.0 Å². The highest BCUT2D eigenvalue weighted by Gasteiger charge is 2.30. The molecule has 0 saturated heterocycles. The number of nitrogens with one attached hydrogen (secondary N) is 1. The molecule has 3 aromatic rings. The third-order valence-electron chi connectivity index (χ3n) is 5.58. The molecule has 7 heteroatoms. The minimum Gasteiger partial charge on any atom is -0.484 e. The molecule has 0 spiro atoms. The van der Waals surface area contributed by atoms with Crippen molar-refractivity contribution in [3.8, 4) is 5.75 Å². The molecule has 1 unspecified atom stereocenters. The summed E-state index contributed by atoms with van der Waals surface area (Å²) in [4.78, 5) is 28.4. The van der Waals surface area contributed by atoms with E-state index in [4.69, 9.17) is 16.3 Å². The molecule has 0 aliphatic heterocycles. The second-order valence-electron chi connectivity index (χ2n) is 8.34.